The SMILES string of the molecule is COc1ccc(C(=O)NCC2CCCN2S(=O)(=O)c2ccc(C)cc2)cc1. The summed E-state index contributed by atoms with van der Waals surface area (Å²) in [7, 11) is -1.99. The van der Waals surface area contributed by atoms with Crippen LogP contribution >= 0.6 is 0 Å². The van der Waals surface area contributed by atoms with Crippen molar-refractivity contribution < 1.29 is 17.9 Å². The fraction of sp³-hybridized carbons (Fsp3) is 0.350. The molecule has 27 heavy (non-hydrogen) atoms. The molecule has 1 N–H and O–H groups in total. The lowest BCUT2D eigenvalue weighted by Crippen LogP contribution is -2.43. The first kappa shape index (κ1) is 19.4. The fourth-order valence-corrected chi connectivity index (χ4v) is 4.92. The van der Waals surface area contributed by atoms with Crippen LogP contribution < -0.4 is 10.1 Å². The first-order chi connectivity index (χ1) is 12.9. The molecule has 0 bridgehead atoms. The van der Waals surface area contributed by atoms with Crippen molar-refractivity contribution in [3.05, 3.63) is 59.7 Å². The van der Waals surface area contributed by atoms with Crippen LogP contribution in [0.5, 0.6) is 5.75 Å². The van der Waals surface area contributed by atoms with Gasteiger partial charge in [0.15, 0.2) is 0 Å². The third kappa shape index (κ3) is 4.31. The van der Waals surface area contributed by atoms with Crippen LogP contribution in [0.4, 0.5) is 0 Å². The highest BCUT2D eigenvalue weighted by Gasteiger charge is 2.35. The maximum Gasteiger partial charge on any atom is 0.251 e. The molecule has 1 atom stereocenters. The minimum atomic E-state index is -3.56. The van der Waals surface area contributed by atoms with Crippen LogP contribution in [-0.4, -0.2) is 44.9 Å². The predicted molar refractivity (Wildman–Crippen MR) is 103 cm³/mol. The maximum atomic E-state index is 12.9. The van der Waals surface area contributed by atoms with E-state index in [4.69, 9.17) is 4.74 Å². The van der Waals surface area contributed by atoms with Gasteiger partial charge in [-0.3, -0.25) is 4.79 Å². The Bertz CT molecular complexity index is 893. The van der Waals surface area contributed by atoms with Gasteiger partial charge in [0.2, 0.25) is 10.0 Å². The molecule has 0 spiro atoms. The van der Waals surface area contributed by atoms with E-state index in [1.165, 1.54) is 4.31 Å². The molecule has 1 fully saturated rings. The van der Waals surface area contributed by atoms with E-state index in [1.54, 1.807) is 55.6 Å². The number of nitrogens with zero attached hydrogens (tertiary/aromatic N) is 1. The molecule has 7 heteroatoms. The molecule has 1 saturated heterocycles. The highest BCUT2D eigenvalue weighted by molar-refractivity contribution is 7.89. The highest BCUT2D eigenvalue weighted by Crippen LogP contribution is 2.26. The van der Waals surface area contributed by atoms with Crippen molar-refractivity contribution in [3.63, 3.8) is 0 Å². The zero-order valence-corrected chi connectivity index (χ0v) is 16.3. The number of rotatable bonds is 6. The molecule has 3 rings (SSSR count). The molecule has 0 aliphatic carbocycles. The molecule has 2 aromatic rings. The van der Waals surface area contributed by atoms with E-state index in [2.05, 4.69) is 5.32 Å². The molecular formula is C20H24N2O4S. The van der Waals surface area contributed by atoms with Gasteiger partial charge >= 0.3 is 0 Å². The van der Waals surface area contributed by atoms with Crippen molar-refractivity contribution in [1.82, 2.24) is 9.62 Å². The van der Waals surface area contributed by atoms with E-state index in [0.717, 1.165) is 18.4 Å². The number of amides is 1. The van der Waals surface area contributed by atoms with Crippen molar-refractivity contribution in [2.45, 2.75) is 30.7 Å². The number of sulfonamides is 1. The second-order valence-electron chi connectivity index (χ2n) is 6.66. The van der Waals surface area contributed by atoms with E-state index in [1.807, 2.05) is 6.92 Å². The number of nitrogens with one attached hydrogen (secondary N) is 1. The van der Waals surface area contributed by atoms with Crippen molar-refractivity contribution in [1.29, 1.82) is 0 Å². The van der Waals surface area contributed by atoms with E-state index in [-0.39, 0.29) is 18.5 Å². The second-order valence-corrected chi connectivity index (χ2v) is 8.55. The Morgan fingerprint density at radius 3 is 2.44 bits per heavy atom. The molecule has 1 amide bonds. The maximum absolute atomic E-state index is 12.9. The van der Waals surface area contributed by atoms with Gasteiger partial charge < -0.3 is 10.1 Å². The lowest BCUT2D eigenvalue weighted by atomic mass is 10.2. The standard InChI is InChI=1S/C20H24N2O4S/c1-15-5-11-19(12-6-15)27(24,25)22-13-3-4-17(22)14-21-20(23)16-7-9-18(26-2)10-8-16/h5-12,17H,3-4,13-14H2,1-2H3,(H,21,23). The smallest absolute Gasteiger partial charge is 0.251 e. The second kappa shape index (κ2) is 8.10. The van der Waals surface area contributed by atoms with Crippen LogP contribution in [0, 0.1) is 6.92 Å². The van der Waals surface area contributed by atoms with E-state index in [9.17, 15) is 13.2 Å². The van der Waals surface area contributed by atoms with Gasteiger partial charge in [0.05, 0.1) is 12.0 Å². The average Bonchev–Trinajstić information content (AvgIpc) is 3.16. The first-order valence-corrected chi connectivity index (χ1v) is 10.4. The number of carbonyl (C=O) groups is 1. The first-order valence-electron chi connectivity index (χ1n) is 8.92. The van der Waals surface area contributed by atoms with Gasteiger partial charge in [-0.05, 0) is 56.2 Å². The highest BCUT2D eigenvalue weighted by atomic mass is 32.2. The van der Waals surface area contributed by atoms with Crippen molar-refractivity contribution >= 4 is 15.9 Å². The number of carbonyl (C=O) groups excluding carboxylic acids is 1. The molecule has 1 unspecified atom stereocenters. The van der Waals surface area contributed by atoms with Gasteiger partial charge in [-0.25, -0.2) is 8.42 Å². The number of ether oxygens (including phenoxy) is 1. The van der Waals surface area contributed by atoms with E-state index >= 15 is 0 Å². The summed E-state index contributed by atoms with van der Waals surface area (Å²) >= 11 is 0. The lowest BCUT2D eigenvalue weighted by molar-refractivity contribution is 0.0946. The van der Waals surface area contributed by atoms with Crippen LogP contribution in [0.2, 0.25) is 0 Å². The molecule has 0 radical (unpaired) electrons. The Balaban J connectivity index is 1.67. The lowest BCUT2D eigenvalue weighted by Gasteiger charge is -2.24. The molecular weight excluding hydrogens is 364 g/mol. The van der Waals surface area contributed by atoms with Crippen molar-refractivity contribution in [3.8, 4) is 5.75 Å². The Morgan fingerprint density at radius 2 is 1.81 bits per heavy atom. The van der Waals surface area contributed by atoms with Crippen LogP contribution in [0.1, 0.15) is 28.8 Å². The average molecular weight is 388 g/mol. The zero-order chi connectivity index (χ0) is 19.4. The van der Waals surface area contributed by atoms with E-state index < -0.39 is 10.0 Å². The number of hydrogen-bond acceptors (Lipinski definition) is 4. The van der Waals surface area contributed by atoms with Crippen LogP contribution in [0.25, 0.3) is 0 Å². The summed E-state index contributed by atoms with van der Waals surface area (Å²) in [5, 5.41) is 2.86. The molecule has 1 heterocycles. The fourth-order valence-electron chi connectivity index (χ4n) is 3.23. The molecule has 1 aliphatic rings. The Kier molecular flexibility index (Phi) is 5.82. The predicted octanol–water partition coefficient (Wildman–Crippen LogP) is 2.59. The van der Waals surface area contributed by atoms with Gasteiger partial charge in [-0.15, -0.1) is 0 Å². The minimum absolute atomic E-state index is 0.225. The van der Waals surface area contributed by atoms with Crippen LogP contribution in [0.3, 0.4) is 0 Å². The van der Waals surface area contributed by atoms with Crippen molar-refractivity contribution in [2.24, 2.45) is 0 Å². The summed E-state index contributed by atoms with van der Waals surface area (Å²) in [6.45, 7) is 2.68. The molecule has 6 nitrogen and oxygen atoms in total. The molecule has 2 aromatic carbocycles. The monoisotopic (exact) mass is 388 g/mol. The van der Waals surface area contributed by atoms with Crippen LogP contribution in [0.15, 0.2) is 53.4 Å². The molecule has 144 valence electrons. The number of hydrogen-bond donors (Lipinski definition) is 1. The quantitative estimate of drug-likeness (QED) is 0.825. The molecule has 0 aromatic heterocycles. The summed E-state index contributed by atoms with van der Waals surface area (Å²) < 4.78 is 32.5. The van der Waals surface area contributed by atoms with Gasteiger partial charge in [-0.1, -0.05) is 17.7 Å². The number of aryl methyl sites for hydroxylation is 1. The Morgan fingerprint density at radius 1 is 1.15 bits per heavy atom. The van der Waals surface area contributed by atoms with Gasteiger partial charge in [0.1, 0.15) is 5.75 Å². The number of benzene rings is 2. The normalized spacial score (nSPS) is 17.6. The minimum Gasteiger partial charge on any atom is -0.497 e. The van der Waals surface area contributed by atoms with Gasteiger partial charge in [0.25, 0.3) is 5.91 Å². The Hall–Kier alpha value is -2.38. The Labute approximate surface area is 160 Å². The zero-order valence-electron chi connectivity index (χ0n) is 15.5. The molecule has 1 aliphatic heterocycles. The van der Waals surface area contributed by atoms with Crippen molar-refractivity contribution in [2.75, 3.05) is 20.2 Å². The van der Waals surface area contributed by atoms with Gasteiger partial charge in [0, 0.05) is 24.7 Å². The number of methoxy groups -OCH3 is 1. The topological polar surface area (TPSA) is 75.7 Å². The molecule has 0 saturated carbocycles. The third-order valence-electron chi connectivity index (χ3n) is 4.80. The third-order valence-corrected chi connectivity index (χ3v) is 6.77. The van der Waals surface area contributed by atoms with E-state index in [0.29, 0.717) is 22.8 Å². The summed E-state index contributed by atoms with van der Waals surface area (Å²) in [5.41, 5.74) is 1.53. The largest absolute Gasteiger partial charge is 0.497 e. The summed E-state index contributed by atoms with van der Waals surface area (Å²) in [6.07, 6.45) is 1.52. The summed E-state index contributed by atoms with van der Waals surface area (Å²) in [4.78, 5) is 12.6. The van der Waals surface area contributed by atoms with Gasteiger partial charge in [-0.2, -0.15) is 4.31 Å². The van der Waals surface area contributed by atoms with Crippen LogP contribution in [-0.2, 0) is 10.0 Å². The summed E-state index contributed by atoms with van der Waals surface area (Å²) in [5.74, 6) is 0.454. The summed E-state index contributed by atoms with van der Waals surface area (Å²) in [6, 6.07) is 13.4.